The minimum atomic E-state index is 0.441. The van der Waals surface area contributed by atoms with E-state index in [1.54, 1.807) is 0 Å². The summed E-state index contributed by atoms with van der Waals surface area (Å²) in [4.78, 5) is 4.77. The van der Waals surface area contributed by atoms with E-state index in [4.69, 9.17) is 10.7 Å². The predicted molar refractivity (Wildman–Crippen MR) is 66.0 cm³/mol. The number of fused-ring (bicyclic) bond motifs is 1. The Morgan fingerprint density at radius 1 is 1.38 bits per heavy atom. The predicted octanol–water partition coefficient (Wildman–Crippen LogP) is 2.92. The van der Waals surface area contributed by atoms with Crippen LogP contribution < -0.4 is 5.90 Å². The van der Waals surface area contributed by atoms with Gasteiger partial charge in [0.25, 0.3) is 0 Å². The van der Waals surface area contributed by atoms with Crippen molar-refractivity contribution >= 4 is 10.9 Å². The molecule has 0 radical (unpaired) electrons. The molecule has 0 unspecified atom stereocenters. The second-order valence-electron chi connectivity index (χ2n) is 4.44. The van der Waals surface area contributed by atoms with Crippen LogP contribution in [0.1, 0.15) is 31.0 Å². The van der Waals surface area contributed by atoms with Crippen LogP contribution in [0.3, 0.4) is 0 Å². The second kappa shape index (κ2) is 4.28. The van der Waals surface area contributed by atoms with Crippen molar-refractivity contribution < 1.29 is 4.84 Å². The average molecular weight is 218 g/mol. The summed E-state index contributed by atoms with van der Waals surface area (Å²) < 4.78 is 2.26. The molecule has 0 aliphatic heterocycles. The number of hydrogen-bond acceptors (Lipinski definition) is 2. The normalized spacial score (nSPS) is 11.6. The molecule has 0 spiro atoms. The summed E-state index contributed by atoms with van der Waals surface area (Å²) in [6.45, 7) is 6.93. The quantitative estimate of drug-likeness (QED) is 0.805. The first kappa shape index (κ1) is 11.2. The van der Waals surface area contributed by atoms with E-state index in [1.807, 2.05) is 0 Å². The molecule has 0 aliphatic rings. The molecule has 0 saturated heterocycles. The van der Waals surface area contributed by atoms with Gasteiger partial charge in [0.05, 0.1) is 6.61 Å². The Labute approximate surface area is 95.8 Å². The molecule has 1 aromatic carbocycles. The lowest BCUT2D eigenvalue weighted by atomic mass is 10.1. The van der Waals surface area contributed by atoms with Gasteiger partial charge >= 0.3 is 0 Å². The molecule has 86 valence electrons. The molecule has 2 N–H and O–H groups in total. The van der Waals surface area contributed by atoms with E-state index in [1.165, 1.54) is 16.5 Å². The van der Waals surface area contributed by atoms with Crippen LogP contribution in [0.2, 0.25) is 0 Å². The second-order valence-corrected chi connectivity index (χ2v) is 4.44. The number of aromatic nitrogens is 1. The van der Waals surface area contributed by atoms with Gasteiger partial charge < -0.3 is 4.57 Å². The van der Waals surface area contributed by atoms with Crippen LogP contribution in [0.4, 0.5) is 0 Å². The molecule has 0 saturated carbocycles. The maximum atomic E-state index is 5.18. The maximum Gasteiger partial charge on any atom is 0.0950 e. The van der Waals surface area contributed by atoms with Crippen LogP contribution >= 0.6 is 0 Å². The van der Waals surface area contributed by atoms with Crippen LogP contribution in [-0.4, -0.2) is 4.57 Å². The summed E-state index contributed by atoms with van der Waals surface area (Å²) in [5.41, 5.74) is 3.68. The summed E-state index contributed by atoms with van der Waals surface area (Å²) in [5.74, 6) is 5.18. The number of nitrogens with two attached hydrogens (primary N) is 1. The molecule has 0 bridgehead atoms. The fraction of sp³-hybridized carbons (Fsp3) is 0.385. The van der Waals surface area contributed by atoms with Crippen molar-refractivity contribution in [2.24, 2.45) is 5.90 Å². The lowest BCUT2D eigenvalue weighted by molar-refractivity contribution is 0.125. The van der Waals surface area contributed by atoms with E-state index < -0.39 is 0 Å². The minimum absolute atomic E-state index is 0.441. The lowest BCUT2D eigenvalue weighted by Crippen LogP contribution is -1.99. The van der Waals surface area contributed by atoms with E-state index in [0.717, 1.165) is 5.56 Å². The van der Waals surface area contributed by atoms with Crippen LogP contribution in [0, 0.1) is 6.92 Å². The molecular formula is C13H18N2O. The number of nitrogens with zero attached hydrogens (tertiary/aromatic N) is 1. The maximum absolute atomic E-state index is 5.18. The van der Waals surface area contributed by atoms with Gasteiger partial charge in [0.1, 0.15) is 0 Å². The van der Waals surface area contributed by atoms with Crippen molar-refractivity contribution in [3.05, 3.63) is 35.5 Å². The minimum Gasteiger partial charge on any atom is -0.345 e. The Bertz CT molecular complexity index is 500. The molecule has 0 amide bonds. The first-order chi connectivity index (χ1) is 7.65. The van der Waals surface area contributed by atoms with Gasteiger partial charge in [-0.1, -0.05) is 12.1 Å². The van der Waals surface area contributed by atoms with Gasteiger partial charge in [-0.2, -0.15) is 0 Å². The smallest absolute Gasteiger partial charge is 0.0950 e. The fourth-order valence-corrected chi connectivity index (χ4v) is 2.21. The standard InChI is InChI=1S/C13H18N2O/c1-9(2)15-7-11(8-16-14)13-10(3)5-4-6-12(13)15/h4-7,9H,8,14H2,1-3H3. The highest BCUT2D eigenvalue weighted by Gasteiger charge is 2.11. The zero-order chi connectivity index (χ0) is 11.7. The SMILES string of the molecule is Cc1cccc2c1c(CON)cn2C(C)C. The molecule has 0 fully saturated rings. The van der Waals surface area contributed by atoms with Gasteiger partial charge in [-0.15, -0.1) is 0 Å². The highest BCUT2D eigenvalue weighted by Crippen LogP contribution is 2.27. The highest BCUT2D eigenvalue weighted by atomic mass is 16.6. The van der Waals surface area contributed by atoms with E-state index in [2.05, 4.69) is 49.7 Å². The number of aryl methyl sites for hydroxylation is 1. The monoisotopic (exact) mass is 218 g/mol. The Morgan fingerprint density at radius 2 is 2.12 bits per heavy atom. The lowest BCUT2D eigenvalue weighted by Gasteiger charge is -2.09. The summed E-state index contributed by atoms with van der Waals surface area (Å²) in [6.07, 6.45) is 2.13. The zero-order valence-electron chi connectivity index (χ0n) is 10.0. The van der Waals surface area contributed by atoms with Gasteiger partial charge in [0, 0.05) is 28.7 Å². The molecule has 2 aromatic rings. The topological polar surface area (TPSA) is 40.2 Å². The molecule has 2 rings (SSSR count). The van der Waals surface area contributed by atoms with Crippen LogP contribution in [0.5, 0.6) is 0 Å². The van der Waals surface area contributed by atoms with Gasteiger partial charge in [-0.25, -0.2) is 5.90 Å². The average Bonchev–Trinajstić information content (AvgIpc) is 2.59. The Kier molecular flexibility index (Phi) is 2.99. The first-order valence-corrected chi connectivity index (χ1v) is 5.56. The Balaban J connectivity index is 2.71. The third-order valence-electron chi connectivity index (χ3n) is 2.94. The van der Waals surface area contributed by atoms with Gasteiger partial charge in [0.2, 0.25) is 0 Å². The molecule has 0 atom stereocenters. The van der Waals surface area contributed by atoms with Gasteiger partial charge in [-0.3, -0.25) is 4.84 Å². The van der Waals surface area contributed by atoms with E-state index in [0.29, 0.717) is 12.6 Å². The summed E-state index contributed by atoms with van der Waals surface area (Å²) in [5, 5.41) is 1.27. The third kappa shape index (κ3) is 1.72. The van der Waals surface area contributed by atoms with Crippen molar-refractivity contribution in [2.45, 2.75) is 33.4 Å². The first-order valence-electron chi connectivity index (χ1n) is 5.56. The molecule has 16 heavy (non-hydrogen) atoms. The zero-order valence-corrected chi connectivity index (χ0v) is 10.0. The van der Waals surface area contributed by atoms with Gasteiger partial charge in [0.15, 0.2) is 0 Å². The molecule has 3 heteroatoms. The molecule has 3 nitrogen and oxygen atoms in total. The van der Waals surface area contributed by atoms with E-state index in [-0.39, 0.29) is 0 Å². The van der Waals surface area contributed by atoms with Gasteiger partial charge in [-0.05, 0) is 32.4 Å². The third-order valence-corrected chi connectivity index (χ3v) is 2.94. The molecule has 1 aromatic heterocycles. The van der Waals surface area contributed by atoms with Crippen LogP contribution in [0.15, 0.2) is 24.4 Å². The number of rotatable bonds is 3. The summed E-state index contributed by atoms with van der Waals surface area (Å²) in [7, 11) is 0. The largest absolute Gasteiger partial charge is 0.345 e. The van der Waals surface area contributed by atoms with Crippen molar-refractivity contribution in [1.82, 2.24) is 4.57 Å². The number of benzene rings is 1. The Morgan fingerprint density at radius 3 is 2.75 bits per heavy atom. The summed E-state index contributed by atoms with van der Waals surface area (Å²) >= 11 is 0. The fourth-order valence-electron chi connectivity index (χ4n) is 2.21. The van der Waals surface area contributed by atoms with Crippen molar-refractivity contribution in [2.75, 3.05) is 0 Å². The van der Waals surface area contributed by atoms with Crippen molar-refractivity contribution in [3.63, 3.8) is 0 Å². The number of hydrogen-bond donors (Lipinski definition) is 1. The van der Waals surface area contributed by atoms with Crippen molar-refractivity contribution in [3.8, 4) is 0 Å². The summed E-state index contributed by atoms with van der Waals surface area (Å²) in [6, 6.07) is 6.79. The molecule has 0 aliphatic carbocycles. The Hall–Kier alpha value is -1.32. The molecular weight excluding hydrogens is 200 g/mol. The van der Waals surface area contributed by atoms with E-state index >= 15 is 0 Å². The van der Waals surface area contributed by atoms with Crippen LogP contribution in [-0.2, 0) is 11.4 Å². The molecule has 1 heterocycles. The van der Waals surface area contributed by atoms with Crippen molar-refractivity contribution in [1.29, 1.82) is 0 Å². The van der Waals surface area contributed by atoms with Crippen LogP contribution in [0.25, 0.3) is 10.9 Å². The van der Waals surface area contributed by atoms with E-state index in [9.17, 15) is 0 Å². The highest BCUT2D eigenvalue weighted by molar-refractivity contribution is 5.87.